The van der Waals surface area contributed by atoms with Gasteiger partial charge in [-0.3, -0.25) is 14.9 Å². The number of hydrogen-bond acceptors (Lipinski definition) is 7. The van der Waals surface area contributed by atoms with Crippen molar-refractivity contribution in [2.75, 3.05) is 11.1 Å². The highest BCUT2D eigenvalue weighted by Gasteiger charge is 2.16. The highest BCUT2D eigenvalue weighted by Crippen LogP contribution is 2.23. The first-order valence-corrected chi connectivity index (χ1v) is 9.74. The summed E-state index contributed by atoms with van der Waals surface area (Å²) in [5.74, 6) is -1.44. The van der Waals surface area contributed by atoms with Crippen molar-refractivity contribution in [3.05, 3.63) is 76.3 Å². The predicted molar refractivity (Wildman–Crippen MR) is 109 cm³/mol. The molecule has 2 aromatic carbocycles. The van der Waals surface area contributed by atoms with Crippen molar-refractivity contribution in [1.29, 1.82) is 0 Å². The Kier molecular flexibility index (Phi) is 5.54. The second kappa shape index (κ2) is 8.44. The number of anilines is 1. The Labute approximate surface area is 177 Å². The first-order chi connectivity index (χ1) is 14.9. The van der Waals surface area contributed by atoms with E-state index in [0.717, 1.165) is 23.9 Å². The van der Waals surface area contributed by atoms with Gasteiger partial charge in [0.05, 0.1) is 10.7 Å². The topological polar surface area (TPSA) is 115 Å². The van der Waals surface area contributed by atoms with E-state index in [1.165, 1.54) is 22.7 Å². The molecule has 0 aliphatic rings. The molecule has 0 fully saturated rings. The number of fused-ring (bicyclic) bond motifs is 1. The molecule has 0 radical (unpaired) electrons. The van der Waals surface area contributed by atoms with Crippen molar-refractivity contribution in [3.8, 4) is 11.4 Å². The van der Waals surface area contributed by atoms with Crippen LogP contribution in [-0.4, -0.2) is 36.4 Å². The highest BCUT2D eigenvalue weighted by atomic mass is 32.2. The van der Waals surface area contributed by atoms with Gasteiger partial charge in [-0.2, -0.15) is 14.0 Å². The fourth-order valence-electron chi connectivity index (χ4n) is 2.69. The summed E-state index contributed by atoms with van der Waals surface area (Å²) in [5.41, 5.74) is 0.490. The lowest BCUT2D eigenvalue weighted by Crippen LogP contribution is -2.14. The molecule has 0 aliphatic carbocycles. The van der Waals surface area contributed by atoms with Crippen molar-refractivity contribution in [1.82, 2.24) is 19.8 Å². The molecular formula is C19H12F2N6O3S. The molecule has 0 bridgehead atoms. The first kappa shape index (κ1) is 20.3. The minimum Gasteiger partial charge on any atom is -0.325 e. The smallest absolute Gasteiger partial charge is 0.306 e. The zero-order valence-corrected chi connectivity index (χ0v) is 16.3. The van der Waals surface area contributed by atoms with Crippen LogP contribution in [0.5, 0.6) is 0 Å². The molecule has 31 heavy (non-hydrogen) atoms. The number of thioether (sulfide) groups is 1. The van der Waals surface area contributed by atoms with Gasteiger partial charge in [0.15, 0.2) is 11.5 Å². The van der Waals surface area contributed by atoms with Gasteiger partial charge >= 0.3 is 5.69 Å². The summed E-state index contributed by atoms with van der Waals surface area (Å²) in [6.45, 7) is 0. The summed E-state index contributed by atoms with van der Waals surface area (Å²) < 4.78 is 28.1. The van der Waals surface area contributed by atoms with Crippen molar-refractivity contribution >= 4 is 34.7 Å². The van der Waals surface area contributed by atoms with Crippen LogP contribution in [0.3, 0.4) is 0 Å². The summed E-state index contributed by atoms with van der Waals surface area (Å²) in [4.78, 5) is 22.1. The molecule has 4 aromatic rings. The maximum Gasteiger partial charge on any atom is 0.306 e. The van der Waals surface area contributed by atoms with Gasteiger partial charge < -0.3 is 5.32 Å². The van der Waals surface area contributed by atoms with Crippen LogP contribution in [0.1, 0.15) is 0 Å². The monoisotopic (exact) mass is 442 g/mol. The molecule has 156 valence electrons. The lowest BCUT2D eigenvalue weighted by Gasteiger charge is -2.06. The molecule has 4 rings (SSSR count). The number of carbonyl (C=O) groups is 1. The number of nitrogens with zero attached hydrogens (tertiary/aromatic N) is 5. The van der Waals surface area contributed by atoms with Crippen molar-refractivity contribution in [2.24, 2.45) is 0 Å². The van der Waals surface area contributed by atoms with Gasteiger partial charge in [0.25, 0.3) is 0 Å². The number of amides is 1. The van der Waals surface area contributed by atoms with Crippen LogP contribution in [0, 0.1) is 21.7 Å². The maximum atomic E-state index is 13.4. The lowest BCUT2D eigenvalue weighted by atomic mass is 10.2. The third kappa shape index (κ3) is 4.48. The van der Waals surface area contributed by atoms with E-state index in [0.29, 0.717) is 22.1 Å². The van der Waals surface area contributed by atoms with E-state index in [-0.39, 0.29) is 17.3 Å². The second-order valence-electron chi connectivity index (χ2n) is 6.23. The van der Waals surface area contributed by atoms with E-state index in [1.54, 1.807) is 24.3 Å². The fourth-order valence-corrected chi connectivity index (χ4v) is 3.35. The molecule has 0 spiro atoms. The average Bonchev–Trinajstić information content (AvgIpc) is 3.17. The maximum absolute atomic E-state index is 13.4. The van der Waals surface area contributed by atoms with Gasteiger partial charge in [-0.05, 0) is 48.5 Å². The first-order valence-electron chi connectivity index (χ1n) is 8.76. The van der Waals surface area contributed by atoms with Gasteiger partial charge in [-0.15, -0.1) is 10.2 Å². The molecule has 2 heterocycles. The minimum absolute atomic E-state index is 0.0440. The van der Waals surface area contributed by atoms with Crippen LogP contribution in [0.4, 0.5) is 20.2 Å². The van der Waals surface area contributed by atoms with Gasteiger partial charge in [0.2, 0.25) is 11.7 Å². The largest absolute Gasteiger partial charge is 0.325 e. The summed E-state index contributed by atoms with van der Waals surface area (Å²) in [6, 6.07) is 12.2. The summed E-state index contributed by atoms with van der Waals surface area (Å²) in [6.07, 6.45) is 0. The number of halogens is 2. The minimum atomic E-state index is -0.985. The SMILES string of the molecule is O=C(CSc1ccc2nnc(-c3ccc(F)cc3)n2n1)Nc1ccc(F)c([N+](=O)[O-])c1. The van der Waals surface area contributed by atoms with Crippen LogP contribution in [0.25, 0.3) is 17.0 Å². The van der Waals surface area contributed by atoms with Gasteiger partial charge in [0, 0.05) is 17.3 Å². The number of nitro benzene ring substituents is 1. The van der Waals surface area contributed by atoms with E-state index < -0.39 is 22.3 Å². The molecule has 0 atom stereocenters. The van der Waals surface area contributed by atoms with Crippen molar-refractivity contribution in [3.63, 3.8) is 0 Å². The molecule has 0 saturated carbocycles. The van der Waals surface area contributed by atoms with Crippen LogP contribution in [0.15, 0.2) is 59.6 Å². The van der Waals surface area contributed by atoms with Crippen LogP contribution in [0.2, 0.25) is 0 Å². The summed E-state index contributed by atoms with van der Waals surface area (Å²) >= 11 is 1.12. The Bertz CT molecular complexity index is 1300. The van der Waals surface area contributed by atoms with E-state index >= 15 is 0 Å². The van der Waals surface area contributed by atoms with Crippen LogP contribution in [-0.2, 0) is 4.79 Å². The molecule has 2 aromatic heterocycles. The normalized spacial score (nSPS) is 10.9. The zero-order valence-electron chi connectivity index (χ0n) is 15.5. The molecule has 0 saturated heterocycles. The molecule has 1 amide bonds. The van der Waals surface area contributed by atoms with Crippen LogP contribution >= 0.6 is 11.8 Å². The molecule has 12 heteroatoms. The number of aromatic nitrogens is 4. The summed E-state index contributed by atoms with van der Waals surface area (Å²) in [5, 5.41) is 26.3. The third-order valence-corrected chi connectivity index (χ3v) is 5.04. The number of benzene rings is 2. The van der Waals surface area contributed by atoms with Gasteiger partial charge in [0.1, 0.15) is 10.8 Å². The van der Waals surface area contributed by atoms with Crippen LogP contribution < -0.4 is 5.32 Å². The Morgan fingerprint density at radius 2 is 1.87 bits per heavy atom. The standard InChI is InChI=1S/C19H12F2N6O3S/c20-12-3-1-11(2-4-12)19-24-23-16-7-8-18(25-26(16)19)31-10-17(28)22-13-5-6-14(21)15(9-13)27(29)30/h1-9H,10H2,(H,22,28). The fraction of sp³-hybridized carbons (Fsp3) is 0.0526. The molecule has 1 N–H and O–H groups in total. The molecule has 0 aliphatic heterocycles. The van der Waals surface area contributed by atoms with E-state index in [9.17, 15) is 23.7 Å². The lowest BCUT2D eigenvalue weighted by molar-refractivity contribution is -0.387. The Morgan fingerprint density at radius 3 is 2.61 bits per heavy atom. The molecule has 0 unspecified atom stereocenters. The quantitative estimate of drug-likeness (QED) is 0.275. The third-order valence-electron chi connectivity index (χ3n) is 4.12. The van der Waals surface area contributed by atoms with E-state index in [1.807, 2.05) is 0 Å². The van der Waals surface area contributed by atoms with Crippen molar-refractivity contribution in [2.45, 2.75) is 5.03 Å². The van der Waals surface area contributed by atoms with Gasteiger partial charge in [-0.25, -0.2) is 4.39 Å². The van der Waals surface area contributed by atoms with E-state index in [4.69, 9.17) is 0 Å². The number of nitro groups is 1. The number of carbonyl (C=O) groups excluding carboxylic acids is 1. The predicted octanol–water partition coefficient (Wildman–Crippen LogP) is 3.71. The van der Waals surface area contributed by atoms with Gasteiger partial charge in [-0.1, -0.05) is 11.8 Å². The number of rotatable bonds is 6. The van der Waals surface area contributed by atoms with Crippen molar-refractivity contribution < 1.29 is 18.5 Å². The average molecular weight is 442 g/mol. The highest BCUT2D eigenvalue weighted by molar-refractivity contribution is 7.99. The molecular weight excluding hydrogens is 430 g/mol. The second-order valence-corrected chi connectivity index (χ2v) is 7.23. The Balaban J connectivity index is 1.47. The zero-order chi connectivity index (χ0) is 22.0. The van der Waals surface area contributed by atoms with E-state index in [2.05, 4.69) is 20.6 Å². The summed E-state index contributed by atoms with van der Waals surface area (Å²) in [7, 11) is 0. The Morgan fingerprint density at radius 1 is 1.10 bits per heavy atom. The number of nitrogens with one attached hydrogen (secondary N) is 1. The molecule has 9 nitrogen and oxygen atoms in total. The number of hydrogen-bond donors (Lipinski definition) is 1. The Hall–Kier alpha value is -3.93.